The van der Waals surface area contributed by atoms with Crippen molar-refractivity contribution in [3.05, 3.63) is 29.8 Å². The molecule has 0 saturated carbocycles. The van der Waals surface area contributed by atoms with Gasteiger partial charge in [0.1, 0.15) is 0 Å². The highest BCUT2D eigenvalue weighted by atomic mass is 127. The lowest BCUT2D eigenvalue weighted by Gasteiger charge is -2.20. The quantitative estimate of drug-likeness (QED) is 0.471. The summed E-state index contributed by atoms with van der Waals surface area (Å²) in [5, 5.41) is 12.4. The van der Waals surface area contributed by atoms with Crippen LogP contribution in [0.4, 0.5) is 5.69 Å². The molecule has 0 amide bonds. The lowest BCUT2D eigenvalue weighted by molar-refractivity contribution is 0.215. The van der Waals surface area contributed by atoms with E-state index in [1.54, 1.807) is 0 Å². The third-order valence-corrected chi connectivity index (χ3v) is 4.28. The Morgan fingerprint density at radius 2 is 2.18 bits per heavy atom. The monoisotopic (exact) mass is 346 g/mol. The first kappa shape index (κ1) is 13.1. The van der Waals surface area contributed by atoms with Gasteiger partial charge in [-0.2, -0.15) is 0 Å². The van der Waals surface area contributed by atoms with Gasteiger partial charge in [0.05, 0.1) is 11.2 Å². The van der Waals surface area contributed by atoms with Crippen molar-refractivity contribution < 1.29 is 5.11 Å². The molecule has 0 fully saturated rings. The molecule has 0 radical (unpaired) electrons. The van der Waals surface area contributed by atoms with Gasteiger partial charge < -0.3 is 10.4 Å². The Labute approximate surface area is 116 Å². The number of hydrogen-bond acceptors (Lipinski definition) is 3. The number of hydrogen-bond donors (Lipinski definition) is 2. The van der Waals surface area contributed by atoms with Crippen LogP contribution in [0, 0.1) is 0 Å². The number of benzene rings is 1. The average Bonchev–Trinajstić information content (AvgIpc) is 2.78. The lowest BCUT2D eigenvalue weighted by Crippen LogP contribution is -2.27. The molecular formula is C13H19IN2O. The number of fused-ring (bicyclic) bond motifs is 1. The molecule has 3 nitrogen and oxygen atoms in total. The smallest absolute Gasteiger partial charge is 0.0558 e. The summed E-state index contributed by atoms with van der Waals surface area (Å²) in [7, 11) is 0. The van der Waals surface area contributed by atoms with Gasteiger partial charge in [0.2, 0.25) is 0 Å². The van der Waals surface area contributed by atoms with Gasteiger partial charge in [-0.05, 0) is 24.6 Å². The fraction of sp³-hybridized carbons (Fsp3) is 0.538. The van der Waals surface area contributed by atoms with Crippen molar-refractivity contribution in [1.29, 1.82) is 0 Å². The molecule has 0 saturated heterocycles. The zero-order valence-corrected chi connectivity index (χ0v) is 12.1. The summed E-state index contributed by atoms with van der Waals surface area (Å²) in [6, 6.07) is 8.57. The summed E-state index contributed by atoms with van der Waals surface area (Å²) in [4.78, 5) is 2.29. The van der Waals surface area contributed by atoms with Crippen molar-refractivity contribution in [3.8, 4) is 0 Å². The van der Waals surface area contributed by atoms with E-state index in [0.717, 1.165) is 30.6 Å². The molecule has 1 aromatic rings. The third-order valence-electron chi connectivity index (χ3n) is 3.32. The van der Waals surface area contributed by atoms with Gasteiger partial charge >= 0.3 is 0 Å². The molecule has 1 aromatic carbocycles. The number of rotatable bonds is 6. The first-order valence-corrected chi connectivity index (χ1v) is 7.59. The zero-order valence-electron chi connectivity index (χ0n) is 9.90. The number of nitrogens with one attached hydrogen (secondary N) is 1. The van der Waals surface area contributed by atoms with Crippen molar-refractivity contribution in [2.45, 2.75) is 12.3 Å². The second kappa shape index (κ2) is 6.56. The van der Waals surface area contributed by atoms with Crippen LogP contribution in [0.3, 0.4) is 0 Å². The number of para-hydroxylation sites is 1. The molecule has 0 bridgehead atoms. The van der Waals surface area contributed by atoms with E-state index in [4.69, 9.17) is 5.11 Å². The minimum atomic E-state index is 0.252. The van der Waals surface area contributed by atoms with Crippen molar-refractivity contribution in [3.63, 3.8) is 0 Å². The Morgan fingerprint density at radius 1 is 1.35 bits per heavy atom. The molecule has 1 atom stereocenters. The van der Waals surface area contributed by atoms with E-state index in [-0.39, 0.29) is 6.61 Å². The second-order valence-electron chi connectivity index (χ2n) is 4.41. The predicted molar refractivity (Wildman–Crippen MR) is 79.8 cm³/mol. The van der Waals surface area contributed by atoms with Gasteiger partial charge in [0.15, 0.2) is 0 Å². The standard InChI is InChI=1S/C13H19IN2O/c14-10-16(7-8-17)6-5-11-9-15-13-4-2-1-3-12(11)13/h1-4,11,15,17H,5-10H2. The maximum atomic E-state index is 8.96. The van der Waals surface area contributed by atoms with E-state index in [9.17, 15) is 0 Å². The summed E-state index contributed by atoms with van der Waals surface area (Å²) >= 11 is 2.36. The highest BCUT2D eigenvalue weighted by Gasteiger charge is 2.21. The van der Waals surface area contributed by atoms with Gasteiger partial charge in [0.25, 0.3) is 0 Å². The molecule has 17 heavy (non-hydrogen) atoms. The highest BCUT2D eigenvalue weighted by Crippen LogP contribution is 2.33. The molecule has 0 aliphatic carbocycles. The van der Waals surface area contributed by atoms with E-state index >= 15 is 0 Å². The molecule has 4 heteroatoms. The van der Waals surface area contributed by atoms with Crippen LogP contribution in [0.25, 0.3) is 0 Å². The molecule has 1 heterocycles. The normalized spacial score (nSPS) is 18.2. The molecule has 1 aliphatic heterocycles. The molecule has 1 aliphatic rings. The van der Waals surface area contributed by atoms with E-state index in [2.05, 4.69) is 57.1 Å². The van der Waals surface area contributed by atoms with Crippen LogP contribution >= 0.6 is 22.6 Å². The number of halogens is 1. The first-order chi connectivity index (χ1) is 8.35. The van der Waals surface area contributed by atoms with Crippen LogP contribution in [0.1, 0.15) is 17.9 Å². The number of aliphatic hydroxyl groups is 1. The number of anilines is 1. The Bertz CT molecular complexity index is 359. The molecule has 0 aromatic heterocycles. The molecule has 1 unspecified atom stereocenters. The molecule has 0 spiro atoms. The van der Waals surface area contributed by atoms with Crippen LogP contribution in [0.2, 0.25) is 0 Å². The van der Waals surface area contributed by atoms with Gasteiger partial charge in [-0.15, -0.1) is 0 Å². The number of nitrogens with zero attached hydrogens (tertiary/aromatic N) is 1. The Morgan fingerprint density at radius 3 is 2.94 bits per heavy atom. The van der Waals surface area contributed by atoms with Gasteiger partial charge in [-0.25, -0.2) is 0 Å². The maximum absolute atomic E-state index is 8.96. The average molecular weight is 346 g/mol. The Kier molecular flexibility index (Phi) is 5.06. The van der Waals surface area contributed by atoms with Crippen molar-refractivity contribution in [2.75, 3.05) is 36.1 Å². The van der Waals surface area contributed by atoms with Gasteiger partial charge in [-0.1, -0.05) is 40.8 Å². The molecular weight excluding hydrogens is 327 g/mol. The first-order valence-electron chi connectivity index (χ1n) is 6.07. The summed E-state index contributed by atoms with van der Waals surface area (Å²) in [6.45, 7) is 3.14. The second-order valence-corrected chi connectivity index (χ2v) is 5.10. The summed E-state index contributed by atoms with van der Waals surface area (Å²) in [5.41, 5.74) is 2.74. The summed E-state index contributed by atoms with van der Waals surface area (Å²) < 4.78 is 0.986. The van der Waals surface area contributed by atoms with E-state index in [1.165, 1.54) is 11.3 Å². The minimum absolute atomic E-state index is 0.252. The lowest BCUT2D eigenvalue weighted by atomic mass is 9.98. The SMILES string of the molecule is OCCN(CI)CCC1CNc2ccccc21. The van der Waals surface area contributed by atoms with Crippen molar-refractivity contribution in [1.82, 2.24) is 4.90 Å². The van der Waals surface area contributed by atoms with Crippen LogP contribution in [-0.2, 0) is 0 Å². The van der Waals surface area contributed by atoms with Crippen LogP contribution in [0.15, 0.2) is 24.3 Å². The van der Waals surface area contributed by atoms with E-state index in [0.29, 0.717) is 5.92 Å². The minimum Gasteiger partial charge on any atom is -0.395 e. The van der Waals surface area contributed by atoms with E-state index in [1.807, 2.05) is 0 Å². The Balaban J connectivity index is 1.89. The predicted octanol–water partition coefficient (Wildman–Crippen LogP) is 2.27. The maximum Gasteiger partial charge on any atom is 0.0558 e. The Hall–Kier alpha value is -0.330. The van der Waals surface area contributed by atoms with Crippen LogP contribution in [0.5, 0.6) is 0 Å². The molecule has 94 valence electrons. The van der Waals surface area contributed by atoms with Crippen molar-refractivity contribution in [2.24, 2.45) is 0 Å². The fourth-order valence-electron chi connectivity index (χ4n) is 2.33. The summed E-state index contributed by atoms with van der Waals surface area (Å²) in [6.07, 6.45) is 1.16. The summed E-state index contributed by atoms with van der Waals surface area (Å²) in [5.74, 6) is 0.621. The van der Waals surface area contributed by atoms with Crippen molar-refractivity contribution >= 4 is 28.3 Å². The number of aliphatic hydroxyl groups excluding tert-OH is 1. The fourth-order valence-corrected chi connectivity index (χ4v) is 3.01. The topological polar surface area (TPSA) is 35.5 Å². The van der Waals surface area contributed by atoms with Crippen LogP contribution < -0.4 is 5.32 Å². The van der Waals surface area contributed by atoms with Crippen LogP contribution in [-0.4, -0.2) is 40.8 Å². The third kappa shape index (κ3) is 3.33. The highest BCUT2D eigenvalue weighted by molar-refractivity contribution is 14.1. The molecule has 2 N–H and O–H groups in total. The molecule has 2 rings (SSSR count). The zero-order chi connectivity index (χ0) is 12.1. The van der Waals surface area contributed by atoms with E-state index < -0.39 is 0 Å². The van der Waals surface area contributed by atoms with Gasteiger partial charge in [0, 0.05) is 24.7 Å². The van der Waals surface area contributed by atoms with Gasteiger partial charge in [-0.3, -0.25) is 4.90 Å². The number of alkyl halides is 1. The largest absolute Gasteiger partial charge is 0.395 e.